The summed E-state index contributed by atoms with van der Waals surface area (Å²) in [5, 5.41) is 6.09. The van der Waals surface area contributed by atoms with Gasteiger partial charge in [-0.25, -0.2) is 13.1 Å². The van der Waals surface area contributed by atoms with Gasteiger partial charge in [-0.1, -0.05) is 6.07 Å². The van der Waals surface area contributed by atoms with Crippen LogP contribution in [0.3, 0.4) is 0 Å². The molecule has 1 saturated heterocycles. The molecule has 1 heterocycles. The molecule has 8 heteroatoms. The molecular weight excluding hydrogens is 346 g/mol. The van der Waals surface area contributed by atoms with E-state index in [0.717, 1.165) is 18.1 Å². The van der Waals surface area contributed by atoms with E-state index < -0.39 is 15.6 Å². The van der Waals surface area contributed by atoms with Crippen molar-refractivity contribution in [2.75, 3.05) is 23.4 Å². The van der Waals surface area contributed by atoms with Crippen LogP contribution in [0.25, 0.3) is 0 Å². The Hall–Kier alpha value is -1.09. The molecule has 0 radical (unpaired) electrons. The van der Waals surface area contributed by atoms with Gasteiger partial charge < -0.3 is 10.6 Å². The summed E-state index contributed by atoms with van der Waals surface area (Å²) in [4.78, 5) is 12.3. The van der Waals surface area contributed by atoms with Gasteiger partial charge in [-0.15, -0.1) is 0 Å². The van der Waals surface area contributed by atoms with Gasteiger partial charge in [0.1, 0.15) is 0 Å². The number of benzene rings is 1. The zero-order valence-corrected chi connectivity index (χ0v) is 15.9. The number of sulfonamides is 1. The van der Waals surface area contributed by atoms with Crippen LogP contribution in [0.2, 0.25) is 0 Å². The molecule has 1 atom stereocenters. The molecule has 1 amide bonds. The maximum absolute atomic E-state index is 12.4. The van der Waals surface area contributed by atoms with Crippen LogP contribution in [0, 0.1) is 0 Å². The molecule has 0 aliphatic carbocycles. The number of carbonyl (C=O) groups excluding carboxylic acids is 1. The summed E-state index contributed by atoms with van der Waals surface area (Å²) in [5.74, 6) is 1.86. The van der Waals surface area contributed by atoms with Gasteiger partial charge in [0.2, 0.25) is 15.9 Å². The molecule has 1 aliphatic rings. The SMILES string of the molecule is CC(C)(C)NS(=O)(=O)c1cccc(NC(=O)CC2CSCCN2)c1. The highest BCUT2D eigenvalue weighted by molar-refractivity contribution is 7.99. The smallest absolute Gasteiger partial charge is 0.241 e. The third-order valence-electron chi connectivity index (χ3n) is 3.30. The van der Waals surface area contributed by atoms with E-state index in [1.807, 2.05) is 11.8 Å². The van der Waals surface area contributed by atoms with Crippen molar-refractivity contribution in [2.45, 2.75) is 43.7 Å². The summed E-state index contributed by atoms with van der Waals surface area (Å²) in [6.07, 6.45) is 0.379. The largest absolute Gasteiger partial charge is 0.326 e. The zero-order valence-electron chi connectivity index (χ0n) is 14.3. The van der Waals surface area contributed by atoms with E-state index in [1.165, 1.54) is 12.1 Å². The van der Waals surface area contributed by atoms with Crippen LogP contribution in [-0.2, 0) is 14.8 Å². The molecule has 0 spiro atoms. The lowest BCUT2D eigenvalue weighted by Gasteiger charge is -2.22. The van der Waals surface area contributed by atoms with Crippen molar-refractivity contribution in [3.63, 3.8) is 0 Å². The minimum Gasteiger partial charge on any atom is -0.326 e. The average molecular weight is 372 g/mol. The molecule has 0 aromatic heterocycles. The first-order chi connectivity index (χ1) is 11.2. The highest BCUT2D eigenvalue weighted by Gasteiger charge is 2.22. The Kier molecular flexibility index (Phi) is 6.30. The first-order valence-corrected chi connectivity index (χ1v) is 10.5. The van der Waals surface area contributed by atoms with Gasteiger partial charge in [0.05, 0.1) is 4.90 Å². The minimum absolute atomic E-state index is 0.117. The summed E-state index contributed by atoms with van der Waals surface area (Å²) in [5.41, 5.74) is -0.0807. The fourth-order valence-electron chi connectivity index (χ4n) is 2.39. The molecule has 1 fully saturated rings. The van der Waals surface area contributed by atoms with Gasteiger partial charge in [-0.05, 0) is 39.0 Å². The van der Waals surface area contributed by atoms with Crippen molar-refractivity contribution in [1.82, 2.24) is 10.0 Å². The zero-order chi connectivity index (χ0) is 17.8. The Morgan fingerprint density at radius 2 is 2.12 bits per heavy atom. The summed E-state index contributed by atoms with van der Waals surface area (Å²) in [6.45, 7) is 6.26. The Morgan fingerprint density at radius 1 is 1.38 bits per heavy atom. The van der Waals surface area contributed by atoms with Crippen molar-refractivity contribution in [3.8, 4) is 0 Å². The van der Waals surface area contributed by atoms with Crippen molar-refractivity contribution < 1.29 is 13.2 Å². The Balaban J connectivity index is 2.03. The lowest BCUT2D eigenvalue weighted by molar-refractivity contribution is -0.116. The molecule has 24 heavy (non-hydrogen) atoms. The number of amides is 1. The number of anilines is 1. The molecule has 1 aromatic carbocycles. The molecule has 1 unspecified atom stereocenters. The third-order valence-corrected chi connectivity index (χ3v) is 6.19. The van der Waals surface area contributed by atoms with Crippen molar-refractivity contribution in [2.24, 2.45) is 0 Å². The van der Waals surface area contributed by atoms with Gasteiger partial charge in [-0.2, -0.15) is 11.8 Å². The van der Waals surface area contributed by atoms with Gasteiger partial charge in [-0.3, -0.25) is 4.79 Å². The van der Waals surface area contributed by atoms with Crippen LogP contribution in [0.5, 0.6) is 0 Å². The Labute approximate surface area is 148 Å². The molecule has 1 aliphatic heterocycles. The lowest BCUT2D eigenvalue weighted by Crippen LogP contribution is -2.40. The van der Waals surface area contributed by atoms with E-state index >= 15 is 0 Å². The van der Waals surface area contributed by atoms with E-state index in [1.54, 1.807) is 32.9 Å². The van der Waals surface area contributed by atoms with Crippen LogP contribution in [0.4, 0.5) is 5.69 Å². The highest BCUT2D eigenvalue weighted by Crippen LogP contribution is 2.18. The predicted molar refractivity (Wildman–Crippen MR) is 98.9 cm³/mol. The normalized spacial score (nSPS) is 19.0. The second-order valence-corrected chi connectivity index (χ2v) is 9.69. The summed E-state index contributed by atoms with van der Waals surface area (Å²) >= 11 is 1.83. The monoisotopic (exact) mass is 371 g/mol. The van der Waals surface area contributed by atoms with Crippen LogP contribution in [0.15, 0.2) is 29.2 Å². The molecule has 1 aromatic rings. The first kappa shape index (κ1) is 19.2. The van der Waals surface area contributed by atoms with E-state index in [0.29, 0.717) is 12.1 Å². The maximum Gasteiger partial charge on any atom is 0.241 e. The van der Waals surface area contributed by atoms with E-state index in [2.05, 4.69) is 15.4 Å². The summed E-state index contributed by atoms with van der Waals surface area (Å²) < 4.78 is 27.3. The Morgan fingerprint density at radius 3 is 2.75 bits per heavy atom. The number of thioether (sulfide) groups is 1. The van der Waals surface area contributed by atoms with E-state index in [9.17, 15) is 13.2 Å². The lowest BCUT2D eigenvalue weighted by atomic mass is 10.1. The van der Waals surface area contributed by atoms with Gasteiger partial charge >= 0.3 is 0 Å². The van der Waals surface area contributed by atoms with Crippen molar-refractivity contribution in [3.05, 3.63) is 24.3 Å². The maximum atomic E-state index is 12.4. The molecule has 2 rings (SSSR count). The molecule has 6 nitrogen and oxygen atoms in total. The fourth-order valence-corrected chi connectivity index (χ4v) is 4.80. The molecular formula is C16H25N3O3S2. The molecule has 134 valence electrons. The van der Waals surface area contributed by atoms with Crippen molar-refractivity contribution in [1.29, 1.82) is 0 Å². The topological polar surface area (TPSA) is 87.3 Å². The number of hydrogen-bond acceptors (Lipinski definition) is 5. The molecule has 0 bridgehead atoms. The number of hydrogen-bond donors (Lipinski definition) is 3. The summed E-state index contributed by atoms with van der Waals surface area (Å²) in [7, 11) is -3.62. The fraction of sp³-hybridized carbons (Fsp3) is 0.562. The van der Waals surface area contributed by atoms with Gasteiger partial charge in [0, 0.05) is 41.7 Å². The van der Waals surface area contributed by atoms with Gasteiger partial charge in [0.15, 0.2) is 0 Å². The van der Waals surface area contributed by atoms with Crippen LogP contribution in [0.1, 0.15) is 27.2 Å². The van der Waals surface area contributed by atoms with Crippen molar-refractivity contribution >= 4 is 33.4 Å². The average Bonchev–Trinajstić information content (AvgIpc) is 2.46. The van der Waals surface area contributed by atoms with E-state index in [-0.39, 0.29) is 16.8 Å². The number of nitrogens with one attached hydrogen (secondary N) is 3. The van der Waals surface area contributed by atoms with Crippen LogP contribution >= 0.6 is 11.8 Å². The second kappa shape index (κ2) is 7.86. The quantitative estimate of drug-likeness (QED) is 0.735. The summed E-state index contributed by atoms with van der Waals surface area (Å²) in [6, 6.07) is 6.48. The van der Waals surface area contributed by atoms with Crippen LogP contribution < -0.4 is 15.4 Å². The third kappa shape index (κ3) is 6.08. The Bertz CT molecular complexity index is 678. The number of rotatable bonds is 5. The molecule has 3 N–H and O–H groups in total. The van der Waals surface area contributed by atoms with E-state index in [4.69, 9.17) is 0 Å². The molecule has 0 saturated carbocycles. The first-order valence-electron chi connectivity index (χ1n) is 7.91. The van der Waals surface area contributed by atoms with Crippen LogP contribution in [-0.4, -0.2) is 44.0 Å². The second-order valence-electron chi connectivity index (χ2n) is 6.86. The number of carbonyl (C=O) groups is 1. The highest BCUT2D eigenvalue weighted by atomic mass is 32.2. The minimum atomic E-state index is -3.62. The van der Waals surface area contributed by atoms with Gasteiger partial charge in [0.25, 0.3) is 0 Å². The predicted octanol–water partition coefficient (Wildman–Crippen LogP) is 1.80. The standard InChI is InChI=1S/C16H25N3O3S2/c1-16(2,3)19-24(21,22)14-6-4-5-12(9-14)18-15(20)10-13-11-23-8-7-17-13/h4-6,9,13,17,19H,7-8,10-11H2,1-3H3,(H,18,20).